The number of anilines is 2. The molecule has 22 heavy (non-hydrogen) atoms. The average molecular weight is 359 g/mol. The summed E-state index contributed by atoms with van der Waals surface area (Å²) in [6.07, 6.45) is 3.21. The quantitative estimate of drug-likeness (QED) is 0.705. The molecule has 1 aliphatic heterocycles. The Morgan fingerprint density at radius 1 is 0.909 bits per heavy atom. The summed E-state index contributed by atoms with van der Waals surface area (Å²) >= 11 is 3.66. The number of halogens is 1. The molecular weight excluding hydrogens is 340 g/mol. The van der Waals surface area contributed by atoms with Crippen LogP contribution in [0.15, 0.2) is 65.8 Å². The Hall–Kier alpha value is -2.01. The molecule has 0 spiro atoms. The van der Waals surface area contributed by atoms with Crippen molar-refractivity contribution in [3.05, 3.63) is 60.7 Å². The van der Waals surface area contributed by atoms with Gasteiger partial charge < -0.3 is 0 Å². The number of para-hydroxylation sites is 2. The van der Waals surface area contributed by atoms with Crippen LogP contribution in [0.3, 0.4) is 0 Å². The zero-order valence-electron chi connectivity index (χ0n) is 12.6. The maximum Gasteiger partial charge on any atom is 0.160 e. The highest BCUT2D eigenvalue weighted by atomic mass is 79.9. The van der Waals surface area contributed by atoms with E-state index in [0.717, 1.165) is 36.5 Å². The summed E-state index contributed by atoms with van der Waals surface area (Å²) in [5, 5.41) is 8.74. The Morgan fingerprint density at radius 2 is 1.50 bits per heavy atom. The smallest absolute Gasteiger partial charge is 0.160 e. The maximum atomic E-state index is 4.79. The fraction of sp³-hybridized carbons (Fsp3) is 0.235. The van der Waals surface area contributed by atoms with Crippen molar-refractivity contribution in [1.29, 1.82) is 0 Å². The molecule has 1 aliphatic rings. The molecule has 1 heterocycles. The third-order valence-corrected chi connectivity index (χ3v) is 4.21. The first-order valence-corrected chi connectivity index (χ1v) is 8.25. The molecule has 3 rings (SSSR count). The minimum atomic E-state index is 0.939. The van der Waals surface area contributed by atoms with Crippen molar-refractivity contribution in [1.82, 2.24) is 4.03 Å². The Bertz CT molecular complexity index is 630. The van der Waals surface area contributed by atoms with Crippen LogP contribution in [0.5, 0.6) is 0 Å². The van der Waals surface area contributed by atoms with Gasteiger partial charge in [-0.2, -0.15) is 14.3 Å². The van der Waals surface area contributed by atoms with E-state index in [-0.39, 0.29) is 0 Å². The van der Waals surface area contributed by atoms with E-state index in [1.807, 2.05) is 50.7 Å². The summed E-state index contributed by atoms with van der Waals surface area (Å²) in [5.41, 5.74) is 2.08. The van der Waals surface area contributed by atoms with Crippen LogP contribution >= 0.6 is 16.1 Å². The number of nitrogens with zero attached hydrogens (tertiary/aromatic N) is 4. The van der Waals surface area contributed by atoms with Crippen LogP contribution in [0.1, 0.15) is 26.2 Å². The Kier molecular flexibility index (Phi) is 4.63. The van der Waals surface area contributed by atoms with E-state index < -0.39 is 0 Å². The van der Waals surface area contributed by atoms with E-state index in [1.54, 1.807) is 0 Å². The first-order valence-electron chi connectivity index (χ1n) is 7.55. The van der Waals surface area contributed by atoms with Crippen LogP contribution in [-0.4, -0.2) is 9.87 Å². The molecule has 0 bridgehead atoms. The Labute approximate surface area is 139 Å². The molecule has 0 atom stereocenters. The lowest BCUT2D eigenvalue weighted by molar-refractivity contribution is 0.620. The zero-order chi connectivity index (χ0) is 15.4. The first-order chi connectivity index (χ1) is 10.8. The van der Waals surface area contributed by atoms with E-state index in [2.05, 4.69) is 47.3 Å². The van der Waals surface area contributed by atoms with Gasteiger partial charge in [-0.3, -0.25) is 0 Å². The molecule has 4 nitrogen and oxygen atoms in total. The van der Waals surface area contributed by atoms with E-state index in [1.165, 1.54) is 0 Å². The van der Waals surface area contributed by atoms with E-state index >= 15 is 0 Å². The number of hydrogen-bond donors (Lipinski definition) is 0. The molecule has 0 radical (unpaired) electrons. The van der Waals surface area contributed by atoms with Gasteiger partial charge in [-0.1, -0.05) is 49.7 Å². The number of benzene rings is 2. The Morgan fingerprint density at radius 3 is 2.09 bits per heavy atom. The molecule has 0 N–H and O–H groups in total. The number of hydrazine groups is 2. The standard InChI is InChI=1S/C17H19BrN4/c1-2-3-14-17-19-21(15-10-6-4-7-11-15)22(20(17)18)16-12-8-5-9-13-16/h4-13H,2-3,14H2,1H3. The predicted molar refractivity (Wildman–Crippen MR) is 95.6 cm³/mol. The lowest BCUT2D eigenvalue weighted by Gasteiger charge is -2.31. The van der Waals surface area contributed by atoms with Crippen molar-refractivity contribution >= 4 is 33.4 Å². The fourth-order valence-corrected chi connectivity index (χ4v) is 2.92. The van der Waals surface area contributed by atoms with Gasteiger partial charge >= 0.3 is 0 Å². The highest BCUT2D eigenvalue weighted by Crippen LogP contribution is 2.32. The molecule has 0 aliphatic carbocycles. The predicted octanol–water partition coefficient (Wildman–Crippen LogP) is 4.96. The van der Waals surface area contributed by atoms with Gasteiger partial charge in [0.1, 0.15) is 0 Å². The second-order valence-electron chi connectivity index (χ2n) is 5.13. The SMILES string of the molecule is CCCCC1=NN(c2ccccc2)N(c2ccccc2)N1Br. The van der Waals surface area contributed by atoms with Crippen LogP contribution in [0, 0.1) is 0 Å². The maximum absolute atomic E-state index is 4.79. The molecule has 0 saturated heterocycles. The average Bonchev–Trinajstić information content (AvgIpc) is 2.91. The summed E-state index contributed by atoms with van der Waals surface area (Å²) in [4.78, 5) is 0. The van der Waals surface area contributed by atoms with Gasteiger partial charge in [0.2, 0.25) is 0 Å². The lowest BCUT2D eigenvalue weighted by Crippen LogP contribution is -2.42. The van der Waals surface area contributed by atoms with Gasteiger partial charge in [0, 0.05) is 6.42 Å². The number of rotatable bonds is 5. The fourth-order valence-electron chi connectivity index (χ4n) is 2.35. The minimum Gasteiger partial charge on any atom is -0.181 e. The third-order valence-electron chi connectivity index (χ3n) is 3.50. The van der Waals surface area contributed by atoms with E-state index in [0.29, 0.717) is 0 Å². The van der Waals surface area contributed by atoms with E-state index in [9.17, 15) is 0 Å². The highest BCUT2D eigenvalue weighted by molar-refractivity contribution is 9.07. The summed E-state index contributed by atoms with van der Waals surface area (Å²) in [6.45, 7) is 2.19. The van der Waals surface area contributed by atoms with Crippen LogP contribution in [0.2, 0.25) is 0 Å². The molecule has 114 valence electrons. The summed E-state index contributed by atoms with van der Waals surface area (Å²) in [7, 11) is 0. The van der Waals surface area contributed by atoms with Gasteiger partial charge in [-0.15, -0.1) is 5.10 Å². The van der Waals surface area contributed by atoms with Crippen LogP contribution in [-0.2, 0) is 0 Å². The Balaban J connectivity index is 1.96. The largest absolute Gasteiger partial charge is 0.181 e. The monoisotopic (exact) mass is 358 g/mol. The zero-order valence-corrected chi connectivity index (χ0v) is 14.1. The molecular formula is C17H19BrN4. The van der Waals surface area contributed by atoms with Crippen molar-refractivity contribution in [3.8, 4) is 0 Å². The molecule has 0 saturated carbocycles. The van der Waals surface area contributed by atoms with Crippen molar-refractivity contribution in [2.45, 2.75) is 26.2 Å². The number of unbranched alkanes of at least 4 members (excludes halogenated alkanes) is 1. The van der Waals surface area contributed by atoms with Gasteiger partial charge in [0.05, 0.1) is 27.5 Å². The molecule has 2 aromatic rings. The number of hydrazone groups is 1. The molecule has 0 fully saturated rings. The van der Waals surface area contributed by atoms with Crippen molar-refractivity contribution in [2.75, 3.05) is 10.2 Å². The molecule has 5 heteroatoms. The summed E-state index contributed by atoms with van der Waals surface area (Å²) in [5.74, 6) is 1.01. The van der Waals surface area contributed by atoms with Crippen molar-refractivity contribution < 1.29 is 0 Å². The summed E-state index contributed by atoms with van der Waals surface area (Å²) in [6, 6.07) is 20.4. The van der Waals surface area contributed by atoms with Gasteiger partial charge in [0.15, 0.2) is 5.84 Å². The van der Waals surface area contributed by atoms with E-state index in [4.69, 9.17) is 5.10 Å². The van der Waals surface area contributed by atoms with Gasteiger partial charge in [-0.05, 0) is 30.7 Å². The van der Waals surface area contributed by atoms with Crippen molar-refractivity contribution in [3.63, 3.8) is 0 Å². The van der Waals surface area contributed by atoms with Gasteiger partial charge in [-0.25, -0.2) is 0 Å². The highest BCUT2D eigenvalue weighted by Gasteiger charge is 2.31. The number of amidine groups is 1. The second kappa shape index (κ2) is 6.83. The van der Waals surface area contributed by atoms with Gasteiger partial charge in [0.25, 0.3) is 0 Å². The molecule has 2 aromatic carbocycles. The second-order valence-corrected chi connectivity index (χ2v) is 5.80. The molecule has 0 amide bonds. The third kappa shape index (κ3) is 2.95. The molecule has 0 unspecified atom stereocenters. The first kappa shape index (κ1) is 14.9. The topological polar surface area (TPSA) is 22.1 Å². The minimum absolute atomic E-state index is 0.939. The molecule has 0 aromatic heterocycles. The van der Waals surface area contributed by atoms with Crippen LogP contribution < -0.4 is 10.2 Å². The lowest BCUT2D eigenvalue weighted by atomic mass is 10.2. The van der Waals surface area contributed by atoms with Crippen LogP contribution in [0.25, 0.3) is 0 Å². The number of hydrogen-bond acceptors (Lipinski definition) is 4. The van der Waals surface area contributed by atoms with Crippen molar-refractivity contribution in [2.24, 2.45) is 5.10 Å². The summed E-state index contributed by atoms with van der Waals surface area (Å²) < 4.78 is 1.95. The van der Waals surface area contributed by atoms with Crippen LogP contribution in [0.4, 0.5) is 11.4 Å². The normalized spacial score (nSPS) is 14.5.